The molecule has 0 saturated heterocycles. The number of rotatable bonds is 6. The van der Waals surface area contributed by atoms with Crippen LogP contribution >= 0.6 is 0 Å². The Labute approximate surface area is 130 Å². The number of aliphatic hydroxyl groups excluding tert-OH is 1. The minimum atomic E-state index is -0.280. The number of hydrogen-bond donors (Lipinski definition) is 3. The average Bonchev–Trinajstić information content (AvgIpc) is 2.49. The van der Waals surface area contributed by atoms with Gasteiger partial charge in [-0.3, -0.25) is 0 Å². The van der Waals surface area contributed by atoms with E-state index >= 15 is 0 Å². The van der Waals surface area contributed by atoms with Crippen LogP contribution in [0.15, 0.2) is 29.5 Å². The Balaban J connectivity index is 2.41. The van der Waals surface area contributed by atoms with Crippen molar-refractivity contribution in [3.63, 3.8) is 0 Å². The maximum Gasteiger partial charge on any atom is 0.319 e. The second kappa shape index (κ2) is 7.40. The number of allylic oxidation sites excluding steroid dienone is 1. The van der Waals surface area contributed by atoms with Gasteiger partial charge in [0.15, 0.2) is 0 Å². The molecule has 1 unspecified atom stereocenters. The molecule has 0 saturated carbocycles. The van der Waals surface area contributed by atoms with E-state index in [4.69, 9.17) is 4.89 Å². The minimum absolute atomic E-state index is 0.0717. The van der Waals surface area contributed by atoms with Crippen molar-refractivity contribution in [1.29, 1.82) is 0 Å². The van der Waals surface area contributed by atoms with Crippen LogP contribution in [0.3, 0.4) is 0 Å². The van der Waals surface area contributed by atoms with Gasteiger partial charge in [-0.15, -0.1) is 0 Å². The number of benzene rings is 1. The lowest BCUT2D eigenvalue weighted by Gasteiger charge is -2.31. The largest absolute Gasteiger partial charge is 0.392 e. The van der Waals surface area contributed by atoms with Crippen LogP contribution in [0.1, 0.15) is 36.1 Å². The zero-order valence-electron chi connectivity index (χ0n) is 13.1. The Kier molecular flexibility index (Phi) is 5.54. The number of hydrogen-bond acceptors (Lipinski definition) is 4. The normalized spacial score (nSPS) is 18.2. The number of aryl methyl sites for hydroxylation is 1. The van der Waals surface area contributed by atoms with Gasteiger partial charge in [0.1, 0.15) is 0 Å². The van der Waals surface area contributed by atoms with E-state index in [9.17, 15) is 9.90 Å². The molecule has 2 rings (SSSR count). The van der Waals surface area contributed by atoms with Crippen LogP contribution in [0.4, 0.5) is 4.79 Å². The fraction of sp³-hybridized carbons (Fsp3) is 0.438. The third-order valence-electron chi connectivity index (χ3n) is 3.85. The summed E-state index contributed by atoms with van der Waals surface area (Å²) in [4.78, 5) is 21.5. The maximum absolute atomic E-state index is 11.9. The SMILES string of the molecule is COOCCC1=C(C)NC(=O)NC1c1c(C)cccc1CO. The molecule has 0 bridgehead atoms. The Morgan fingerprint density at radius 1 is 1.32 bits per heavy atom. The van der Waals surface area contributed by atoms with Crippen LogP contribution in [0, 0.1) is 6.92 Å². The summed E-state index contributed by atoms with van der Waals surface area (Å²) in [5.41, 5.74) is 4.59. The van der Waals surface area contributed by atoms with E-state index in [0.29, 0.717) is 13.0 Å². The molecule has 0 spiro atoms. The summed E-state index contributed by atoms with van der Waals surface area (Å²) in [6.45, 7) is 4.15. The molecule has 1 aromatic carbocycles. The molecule has 0 radical (unpaired) electrons. The molecule has 0 aliphatic carbocycles. The maximum atomic E-state index is 11.9. The number of carbonyl (C=O) groups is 1. The van der Waals surface area contributed by atoms with Gasteiger partial charge in [-0.25, -0.2) is 14.6 Å². The van der Waals surface area contributed by atoms with Crippen LogP contribution in [0.2, 0.25) is 0 Å². The van der Waals surface area contributed by atoms with Gasteiger partial charge >= 0.3 is 6.03 Å². The second-order valence-electron chi connectivity index (χ2n) is 5.23. The van der Waals surface area contributed by atoms with Crippen molar-refractivity contribution < 1.29 is 19.7 Å². The highest BCUT2D eigenvalue weighted by atomic mass is 17.2. The number of urea groups is 1. The third kappa shape index (κ3) is 3.47. The van der Waals surface area contributed by atoms with E-state index < -0.39 is 0 Å². The van der Waals surface area contributed by atoms with E-state index in [1.165, 1.54) is 7.11 Å². The van der Waals surface area contributed by atoms with Crippen molar-refractivity contribution >= 4 is 6.03 Å². The fourth-order valence-corrected chi connectivity index (χ4v) is 2.83. The van der Waals surface area contributed by atoms with Crippen molar-refractivity contribution in [3.8, 4) is 0 Å². The van der Waals surface area contributed by atoms with Crippen LogP contribution in [0.25, 0.3) is 0 Å². The van der Waals surface area contributed by atoms with Crippen molar-refractivity contribution in [1.82, 2.24) is 10.6 Å². The Morgan fingerprint density at radius 2 is 2.09 bits per heavy atom. The molecular weight excluding hydrogens is 284 g/mol. The van der Waals surface area contributed by atoms with Crippen molar-refractivity contribution in [2.75, 3.05) is 13.7 Å². The van der Waals surface area contributed by atoms with E-state index in [0.717, 1.165) is 28.0 Å². The Hall–Kier alpha value is -1.89. The van der Waals surface area contributed by atoms with Gasteiger partial charge in [0.2, 0.25) is 0 Å². The lowest BCUT2D eigenvalue weighted by Crippen LogP contribution is -2.44. The first-order chi connectivity index (χ1) is 10.6. The highest BCUT2D eigenvalue weighted by Gasteiger charge is 2.28. The molecule has 6 heteroatoms. The van der Waals surface area contributed by atoms with Gasteiger partial charge in [-0.2, -0.15) is 0 Å². The summed E-state index contributed by atoms with van der Waals surface area (Å²) in [6.07, 6.45) is 0.608. The van der Waals surface area contributed by atoms with Crippen LogP contribution in [-0.4, -0.2) is 24.9 Å². The average molecular weight is 306 g/mol. The van der Waals surface area contributed by atoms with Gasteiger partial charge in [-0.05, 0) is 42.5 Å². The quantitative estimate of drug-likeness (QED) is 0.427. The number of nitrogens with one attached hydrogen (secondary N) is 2. The topological polar surface area (TPSA) is 79.8 Å². The summed E-state index contributed by atoms with van der Waals surface area (Å²) in [6, 6.07) is 5.22. The van der Waals surface area contributed by atoms with Gasteiger partial charge in [0.25, 0.3) is 0 Å². The summed E-state index contributed by atoms with van der Waals surface area (Å²) in [5, 5.41) is 15.3. The summed E-state index contributed by atoms with van der Waals surface area (Å²) in [5.74, 6) is 0. The molecule has 3 N–H and O–H groups in total. The summed E-state index contributed by atoms with van der Waals surface area (Å²) < 4.78 is 0. The predicted molar refractivity (Wildman–Crippen MR) is 81.8 cm³/mol. The molecule has 1 atom stereocenters. The molecule has 22 heavy (non-hydrogen) atoms. The monoisotopic (exact) mass is 306 g/mol. The zero-order valence-corrected chi connectivity index (χ0v) is 13.1. The van der Waals surface area contributed by atoms with Crippen molar-refractivity contribution in [2.45, 2.75) is 32.9 Å². The van der Waals surface area contributed by atoms with E-state index in [-0.39, 0.29) is 18.7 Å². The first-order valence-electron chi connectivity index (χ1n) is 7.20. The molecule has 0 fully saturated rings. The summed E-state index contributed by atoms with van der Waals surface area (Å²) >= 11 is 0. The third-order valence-corrected chi connectivity index (χ3v) is 3.85. The highest BCUT2D eigenvalue weighted by Crippen LogP contribution is 2.33. The van der Waals surface area contributed by atoms with Crippen LogP contribution in [-0.2, 0) is 16.4 Å². The number of aliphatic hydroxyl groups is 1. The molecule has 1 aliphatic rings. The summed E-state index contributed by atoms with van der Waals surface area (Å²) in [7, 11) is 1.46. The molecular formula is C16H22N2O4. The fourth-order valence-electron chi connectivity index (χ4n) is 2.83. The molecule has 0 aromatic heterocycles. The Morgan fingerprint density at radius 3 is 2.77 bits per heavy atom. The first-order valence-corrected chi connectivity index (χ1v) is 7.20. The van der Waals surface area contributed by atoms with E-state index in [1.54, 1.807) is 0 Å². The molecule has 1 aromatic rings. The highest BCUT2D eigenvalue weighted by molar-refractivity contribution is 5.79. The lowest BCUT2D eigenvalue weighted by molar-refractivity contribution is -0.271. The molecule has 120 valence electrons. The van der Waals surface area contributed by atoms with Gasteiger partial charge in [-0.1, -0.05) is 18.2 Å². The molecule has 1 heterocycles. The van der Waals surface area contributed by atoms with Gasteiger partial charge < -0.3 is 15.7 Å². The van der Waals surface area contributed by atoms with Crippen molar-refractivity contribution in [2.24, 2.45) is 0 Å². The minimum Gasteiger partial charge on any atom is -0.392 e. The Bertz CT molecular complexity index is 584. The molecule has 6 nitrogen and oxygen atoms in total. The van der Waals surface area contributed by atoms with Gasteiger partial charge in [0, 0.05) is 5.70 Å². The van der Waals surface area contributed by atoms with E-state index in [2.05, 4.69) is 15.5 Å². The van der Waals surface area contributed by atoms with Crippen LogP contribution < -0.4 is 10.6 Å². The number of amides is 2. The second-order valence-corrected chi connectivity index (χ2v) is 5.23. The first kappa shape index (κ1) is 16.5. The molecule has 1 aliphatic heterocycles. The van der Waals surface area contributed by atoms with Crippen molar-refractivity contribution in [3.05, 3.63) is 46.2 Å². The number of carbonyl (C=O) groups excluding carboxylic acids is 1. The van der Waals surface area contributed by atoms with Gasteiger partial charge in [0.05, 0.1) is 26.4 Å². The smallest absolute Gasteiger partial charge is 0.319 e. The van der Waals surface area contributed by atoms with Crippen LogP contribution in [0.5, 0.6) is 0 Å². The lowest BCUT2D eigenvalue weighted by atomic mass is 9.87. The predicted octanol–water partition coefficient (Wildman–Crippen LogP) is 2.08. The molecule has 2 amide bonds. The standard InChI is InChI=1S/C16H22N2O4/c1-10-5-4-6-12(9-19)14(10)15-13(7-8-22-21-3)11(2)17-16(20)18-15/h4-6,15,19H,7-9H2,1-3H3,(H2,17,18,20). The zero-order chi connectivity index (χ0) is 16.1. The van der Waals surface area contributed by atoms with E-state index in [1.807, 2.05) is 32.0 Å².